The van der Waals surface area contributed by atoms with Crippen molar-refractivity contribution in [2.75, 3.05) is 12.4 Å². The van der Waals surface area contributed by atoms with Gasteiger partial charge in [0.25, 0.3) is 0 Å². The Balaban J connectivity index is 1.62. The fourth-order valence-corrected chi connectivity index (χ4v) is 3.68. The number of carbonyl (C=O) groups excluding carboxylic acids is 1. The van der Waals surface area contributed by atoms with Crippen LogP contribution in [-0.4, -0.2) is 19.4 Å². The van der Waals surface area contributed by atoms with Gasteiger partial charge >= 0.3 is 6.03 Å². The predicted molar refractivity (Wildman–Crippen MR) is 135 cm³/mol. The second-order valence-corrected chi connectivity index (χ2v) is 8.88. The number of halogens is 3. The average molecular weight is 582 g/mol. The summed E-state index contributed by atoms with van der Waals surface area (Å²) in [5.41, 5.74) is 5.82. The normalized spacial score (nSPS) is 10.8. The summed E-state index contributed by atoms with van der Waals surface area (Å²) in [7, 11) is 1.56. The molecule has 166 valence electrons. The Kier molecular flexibility index (Phi) is 8.55. The highest BCUT2D eigenvalue weighted by atomic mass is 79.9. The molecule has 0 spiro atoms. The summed E-state index contributed by atoms with van der Waals surface area (Å²) in [5.74, 6) is 1.10. The molecule has 0 fully saturated rings. The number of benzene rings is 3. The van der Waals surface area contributed by atoms with Gasteiger partial charge in [-0.15, -0.1) is 0 Å². The Morgan fingerprint density at radius 2 is 1.84 bits per heavy atom. The van der Waals surface area contributed by atoms with Crippen molar-refractivity contribution in [2.24, 2.45) is 5.10 Å². The lowest BCUT2D eigenvalue weighted by atomic mass is 10.2. The molecule has 9 heteroatoms. The van der Waals surface area contributed by atoms with E-state index in [0.717, 1.165) is 15.6 Å². The van der Waals surface area contributed by atoms with Gasteiger partial charge in [-0.1, -0.05) is 39.7 Å². The molecule has 0 bridgehead atoms. The van der Waals surface area contributed by atoms with E-state index in [1.807, 2.05) is 49.4 Å². The van der Waals surface area contributed by atoms with Crippen LogP contribution >= 0.6 is 43.5 Å². The first-order chi connectivity index (χ1) is 15.4. The molecule has 2 amide bonds. The van der Waals surface area contributed by atoms with Crippen LogP contribution in [0.15, 0.2) is 68.6 Å². The topological polar surface area (TPSA) is 72.0 Å². The molecule has 3 aromatic carbocycles. The van der Waals surface area contributed by atoms with E-state index in [2.05, 4.69) is 47.7 Å². The fourth-order valence-electron chi connectivity index (χ4n) is 2.74. The maximum Gasteiger partial charge on any atom is 0.339 e. The van der Waals surface area contributed by atoms with E-state index in [-0.39, 0.29) is 0 Å². The fraction of sp³-hybridized carbons (Fsp3) is 0.130. The summed E-state index contributed by atoms with van der Waals surface area (Å²) >= 11 is 12.9. The van der Waals surface area contributed by atoms with E-state index in [4.69, 9.17) is 21.1 Å². The van der Waals surface area contributed by atoms with Gasteiger partial charge in [-0.25, -0.2) is 10.2 Å². The van der Waals surface area contributed by atoms with Crippen LogP contribution in [0.5, 0.6) is 11.5 Å². The standard InChI is InChI=1S/C23H20Br2ClN3O3/c1-14-9-18(7-8-19(14)24)28-23(30)29-27-12-16-10-20(25)22(21(11-16)31-2)32-13-15-3-5-17(26)6-4-15/h3-12H,13H2,1-2H3,(H2,28,29,30)/b27-12+. The SMILES string of the molecule is COc1cc(/C=N/NC(=O)Nc2ccc(Br)c(C)c2)cc(Br)c1OCc1ccc(Cl)cc1. The first-order valence-corrected chi connectivity index (χ1v) is 11.4. The van der Waals surface area contributed by atoms with Crippen molar-refractivity contribution in [1.29, 1.82) is 0 Å². The molecule has 6 nitrogen and oxygen atoms in total. The van der Waals surface area contributed by atoms with Gasteiger partial charge < -0.3 is 14.8 Å². The van der Waals surface area contributed by atoms with Gasteiger partial charge in [-0.2, -0.15) is 5.10 Å². The number of carbonyl (C=O) groups is 1. The zero-order valence-corrected chi connectivity index (χ0v) is 21.2. The molecule has 32 heavy (non-hydrogen) atoms. The summed E-state index contributed by atoms with van der Waals surface area (Å²) in [6.07, 6.45) is 1.52. The maximum atomic E-state index is 12.1. The lowest BCUT2D eigenvalue weighted by Crippen LogP contribution is -2.24. The second kappa shape index (κ2) is 11.4. The van der Waals surface area contributed by atoms with Gasteiger partial charge in [0.1, 0.15) is 6.61 Å². The molecule has 0 unspecified atom stereocenters. The van der Waals surface area contributed by atoms with E-state index in [0.29, 0.717) is 38.9 Å². The number of urea groups is 1. The van der Waals surface area contributed by atoms with Crippen LogP contribution < -0.4 is 20.2 Å². The number of hydrogen-bond donors (Lipinski definition) is 2. The summed E-state index contributed by atoms with van der Waals surface area (Å²) in [5, 5.41) is 7.40. The second-order valence-electron chi connectivity index (χ2n) is 6.74. The largest absolute Gasteiger partial charge is 0.493 e. The van der Waals surface area contributed by atoms with Gasteiger partial charge in [-0.3, -0.25) is 0 Å². The highest BCUT2D eigenvalue weighted by Gasteiger charge is 2.12. The Bertz CT molecular complexity index is 1140. The molecule has 0 aromatic heterocycles. The molecular weight excluding hydrogens is 562 g/mol. The minimum absolute atomic E-state index is 0.358. The van der Waals surface area contributed by atoms with Gasteiger partial charge in [0.2, 0.25) is 0 Å². The molecule has 0 aliphatic carbocycles. The Hall–Kier alpha value is -2.55. The first-order valence-electron chi connectivity index (χ1n) is 9.46. The third-order valence-corrected chi connectivity index (χ3v) is 6.07. The third kappa shape index (κ3) is 6.72. The van der Waals surface area contributed by atoms with Crippen LogP contribution in [0.3, 0.4) is 0 Å². The number of nitrogens with one attached hydrogen (secondary N) is 2. The molecule has 0 heterocycles. The summed E-state index contributed by atoms with van der Waals surface area (Å²) in [6.45, 7) is 2.30. The number of methoxy groups -OCH3 is 1. The van der Waals surface area contributed by atoms with Crippen LogP contribution in [0.25, 0.3) is 0 Å². The van der Waals surface area contributed by atoms with Crippen LogP contribution in [0, 0.1) is 6.92 Å². The first kappa shape index (κ1) is 24.1. The van der Waals surface area contributed by atoms with Crippen molar-refractivity contribution >= 4 is 61.4 Å². The molecule has 2 N–H and O–H groups in total. The summed E-state index contributed by atoms with van der Waals surface area (Å²) in [6, 6.07) is 16.1. The number of rotatable bonds is 7. The van der Waals surface area contributed by atoms with Crippen molar-refractivity contribution in [2.45, 2.75) is 13.5 Å². The number of aryl methyl sites for hydroxylation is 1. The zero-order chi connectivity index (χ0) is 23.1. The van der Waals surface area contributed by atoms with Crippen molar-refractivity contribution in [3.05, 3.63) is 85.3 Å². The number of amides is 2. The maximum absolute atomic E-state index is 12.1. The number of hydrazone groups is 1. The predicted octanol–water partition coefficient (Wildman–Crippen LogP) is 6.92. The lowest BCUT2D eigenvalue weighted by molar-refractivity contribution is 0.252. The van der Waals surface area contributed by atoms with Crippen LogP contribution in [0.4, 0.5) is 10.5 Å². The summed E-state index contributed by atoms with van der Waals surface area (Å²) in [4.78, 5) is 12.1. The van der Waals surface area contributed by atoms with E-state index < -0.39 is 6.03 Å². The molecule has 0 atom stereocenters. The van der Waals surface area contributed by atoms with E-state index in [1.54, 1.807) is 19.2 Å². The molecular formula is C23H20Br2ClN3O3. The molecule has 0 radical (unpaired) electrons. The van der Waals surface area contributed by atoms with Crippen molar-refractivity contribution in [3.63, 3.8) is 0 Å². The van der Waals surface area contributed by atoms with Crippen LogP contribution in [-0.2, 0) is 6.61 Å². The smallest absolute Gasteiger partial charge is 0.339 e. The van der Waals surface area contributed by atoms with Gasteiger partial charge in [0.15, 0.2) is 11.5 Å². The highest BCUT2D eigenvalue weighted by molar-refractivity contribution is 9.10. The molecule has 3 rings (SSSR count). The third-order valence-electron chi connectivity index (χ3n) is 4.34. The van der Waals surface area contributed by atoms with Crippen molar-refractivity contribution in [1.82, 2.24) is 5.43 Å². The molecule has 0 saturated heterocycles. The number of anilines is 1. The van der Waals surface area contributed by atoms with E-state index >= 15 is 0 Å². The van der Waals surface area contributed by atoms with Crippen molar-refractivity contribution in [3.8, 4) is 11.5 Å². The quantitative estimate of drug-likeness (QED) is 0.235. The average Bonchev–Trinajstić information content (AvgIpc) is 2.76. The summed E-state index contributed by atoms with van der Waals surface area (Å²) < 4.78 is 13.1. The van der Waals surface area contributed by atoms with Gasteiger partial charge in [-0.05, 0) is 82.0 Å². The van der Waals surface area contributed by atoms with Crippen LogP contribution in [0.1, 0.15) is 16.7 Å². The minimum atomic E-state index is -0.447. The highest BCUT2D eigenvalue weighted by Crippen LogP contribution is 2.37. The van der Waals surface area contributed by atoms with Crippen molar-refractivity contribution < 1.29 is 14.3 Å². The Morgan fingerprint density at radius 3 is 2.53 bits per heavy atom. The minimum Gasteiger partial charge on any atom is -0.493 e. The van der Waals surface area contributed by atoms with Gasteiger partial charge in [0, 0.05) is 15.2 Å². The molecule has 0 aliphatic rings. The zero-order valence-electron chi connectivity index (χ0n) is 17.3. The number of hydrogen-bond acceptors (Lipinski definition) is 4. The van der Waals surface area contributed by atoms with Gasteiger partial charge in [0.05, 0.1) is 17.8 Å². The number of nitrogens with zero attached hydrogens (tertiary/aromatic N) is 1. The monoisotopic (exact) mass is 579 g/mol. The molecule has 0 aliphatic heterocycles. The number of ether oxygens (including phenoxy) is 2. The van der Waals surface area contributed by atoms with Crippen LogP contribution in [0.2, 0.25) is 5.02 Å². The molecule has 0 saturated carbocycles. The Morgan fingerprint density at radius 1 is 1.09 bits per heavy atom. The van der Waals surface area contributed by atoms with E-state index in [9.17, 15) is 4.79 Å². The Labute approximate surface area is 208 Å². The lowest BCUT2D eigenvalue weighted by Gasteiger charge is -2.13. The van der Waals surface area contributed by atoms with E-state index in [1.165, 1.54) is 6.21 Å². The molecule has 3 aromatic rings.